The van der Waals surface area contributed by atoms with Gasteiger partial charge in [0.05, 0.1) is 27.8 Å². The van der Waals surface area contributed by atoms with Gasteiger partial charge in [0.25, 0.3) is 0 Å². The van der Waals surface area contributed by atoms with Gasteiger partial charge < -0.3 is 9.13 Å². The summed E-state index contributed by atoms with van der Waals surface area (Å²) in [6.07, 6.45) is 0. The molecule has 0 N–H and O–H groups in total. The molecule has 0 radical (unpaired) electrons. The van der Waals surface area contributed by atoms with Crippen molar-refractivity contribution >= 4 is 43.6 Å². The van der Waals surface area contributed by atoms with Gasteiger partial charge in [0.2, 0.25) is 0 Å². The molecule has 318 valence electrons. The Labute approximate surface area is 393 Å². The molecule has 0 saturated carbocycles. The molecule has 5 heteroatoms. The maximum absolute atomic E-state index is 5.33. The van der Waals surface area contributed by atoms with Gasteiger partial charge in [-0.2, -0.15) is 0 Å². The van der Waals surface area contributed by atoms with Gasteiger partial charge in [-0.1, -0.05) is 206 Å². The zero-order valence-corrected chi connectivity index (χ0v) is 36.9. The molecular formula is C63H41N5. The van der Waals surface area contributed by atoms with E-state index in [1.165, 1.54) is 27.2 Å². The van der Waals surface area contributed by atoms with E-state index in [9.17, 15) is 0 Å². The lowest BCUT2D eigenvalue weighted by Crippen LogP contribution is -2.04. The summed E-state index contributed by atoms with van der Waals surface area (Å²) in [7, 11) is 0. The van der Waals surface area contributed by atoms with Crippen LogP contribution in [0.15, 0.2) is 249 Å². The van der Waals surface area contributed by atoms with Crippen molar-refractivity contribution in [2.75, 3.05) is 0 Å². The van der Waals surface area contributed by atoms with Crippen molar-refractivity contribution in [2.45, 2.75) is 0 Å². The average Bonchev–Trinajstić information content (AvgIpc) is 3.95. The van der Waals surface area contributed by atoms with Gasteiger partial charge in [-0.25, -0.2) is 15.0 Å². The molecule has 13 aromatic rings. The first-order valence-corrected chi connectivity index (χ1v) is 23.0. The lowest BCUT2D eigenvalue weighted by Gasteiger charge is -2.18. The minimum atomic E-state index is 0.592. The van der Waals surface area contributed by atoms with E-state index in [0.717, 1.165) is 77.8 Å². The molecule has 0 atom stereocenters. The molecule has 0 bridgehead atoms. The highest BCUT2D eigenvalue weighted by Gasteiger charge is 2.26. The summed E-state index contributed by atoms with van der Waals surface area (Å²) in [4.78, 5) is 15.8. The zero-order chi connectivity index (χ0) is 45.0. The highest BCUT2D eigenvalue weighted by molar-refractivity contribution is 6.24. The molecule has 3 aromatic heterocycles. The van der Waals surface area contributed by atoms with Gasteiger partial charge in [0, 0.05) is 49.5 Å². The maximum atomic E-state index is 5.33. The Kier molecular flexibility index (Phi) is 9.43. The van der Waals surface area contributed by atoms with E-state index in [2.05, 4.69) is 221 Å². The topological polar surface area (TPSA) is 48.5 Å². The third-order valence-corrected chi connectivity index (χ3v) is 13.2. The number of aromatic nitrogens is 5. The van der Waals surface area contributed by atoms with E-state index in [4.69, 9.17) is 15.0 Å². The van der Waals surface area contributed by atoms with Crippen LogP contribution in [0, 0.1) is 0 Å². The molecule has 0 aliphatic rings. The van der Waals surface area contributed by atoms with Crippen LogP contribution in [-0.4, -0.2) is 24.1 Å². The minimum Gasteiger partial charge on any atom is -0.309 e. The van der Waals surface area contributed by atoms with Crippen molar-refractivity contribution in [1.82, 2.24) is 24.1 Å². The monoisotopic (exact) mass is 867 g/mol. The molecule has 5 nitrogen and oxygen atoms in total. The molecule has 10 aromatic carbocycles. The third kappa shape index (κ3) is 6.51. The lowest BCUT2D eigenvalue weighted by atomic mass is 9.92. The number of hydrogen-bond acceptors (Lipinski definition) is 3. The largest absolute Gasteiger partial charge is 0.309 e. The van der Waals surface area contributed by atoms with Crippen molar-refractivity contribution < 1.29 is 0 Å². The van der Waals surface area contributed by atoms with E-state index in [-0.39, 0.29) is 0 Å². The molecule has 0 spiro atoms. The van der Waals surface area contributed by atoms with Crippen LogP contribution in [0.4, 0.5) is 0 Å². The van der Waals surface area contributed by atoms with Crippen molar-refractivity contribution in [3.05, 3.63) is 249 Å². The highest BCUT2D eigenvalue weighted by atomic mass is 15.1. The normalized spacial score (nSPS) is 11.5. The number of benzene rings is 10. The summed E-state index contributed by atoms with van der Waals surface area (Å²) < 4.78 is 4.87. The fourth-order valence-electron chi connectivity index (χ4n) is 10.2. The lowest BCUT2D eigenvalue weighted by molar-refractivity contribution is 1.06. The second-order valence-electron chi connectivity index (χ2n) is 17.1. The number of nitrogens with zero attached hydrogens (tertiary/aromatic N) is 5. The first kappa shape index (κ1) is 39.2. The van der Waals surface area contributed by atoms with Gasteiger partial charge in [0.15, 0.2) is 17.5 Å². The van der Waals surface area contributed by atoms with Gasteiger partial charge in [-0.3, -0.25) is 0 Å². The molecule has 0 aliphatic heterocycles. The number of para-hydroxylation sites is 3. The Hall–Kier alpha value is -9.19. The molecule has 13 rings (SSSR count). The molecule has 0 saturated heterocycles. The van der Waals surface area contributed by atoms with Crippen LogP contribution in [0.25, 0.3) is 123 Å². The van der Waals surface area contributed by atoms with Crippen molar-refractivity contribution in [2.24, 2.45) is 0 Å². The predicted octanol–water partition coefficient (Wildman–Crippen LogP) is 16.1. The van der Waals surface area contributed by atoms with E-state index in [0.29, 0.717) is 17.5 Å². The van der Waals surface area contributed by atoms with Crippen molar-refractivity contribution in [3.63, 3.8) is 0 Å². The second-order valence-corrected chi connectivity index (χ2v) is 17.1. The van der Waals surface area contributed by atoms with E-state index in [1.807, 2.05) is 36.4 Å². The van der Waals surface area contributed by atoms with Gasteiger partial charge in [-0.05, 0) is 70.3 Å². The molecular weight excluding hydrogens is 827 g/mol. The first-order chi connectivity index (χ1) is 33.8. The standard InChI is InChI=1S/C63H41N5/c1-6-21-42(22-7-1)46-37-38-53(63-65-61(44-25-10-3-11-26-44)64-62(66-63)45-27-12-4-13-28-45)57(41-46)68-55-35-19-17-32-52(55)59-50(40-39-48(60(59)68)43-23-8-2-9-24-43)49-33-20-36-56-58(49)51-31-16-18-34-54(51)67(56)47-29-14-5-15-30-47/h1-41H. The minimum absolute atomic E-state index is 0.592. The Bertz CT molecular complexity index is 3930. The average molecular weight is 868 g/mol. The summed E-state index contributed by atoms with van der Waals surface area (Å²) in [5, 5.41) is 4.76. The van der Waals surface area contributed by atoms with Crippen molar-refractivity contribution in [3.8, 4) is 78.9 Å². The molecule has 3 heterocycles. The second kappa shape index (κ2) is 16.4. The zero-order valence-electron chi connectivity index (χ0n) is 36.9. The molecule has 0 fully saturated rings. The quantitative estimate of drug-likeness (QED) is 0.153. The van der Waals surface area contributed by atoms with Gasteiger partial charge >= 0.3 is 0 Å². The van der Waals surface area contributed by atoms with Crippen LogP contribution in [0.1, 0.15) is 0 Å². The third-order valence-electron chi connectivity index (χ3n) is 13.2. The fraction of sp³-hybridized carbons (Fsp3) is 0. The van der Waals surface area contributed by atoms with Crippen molar-refractivity contribution in [1.29, 1.82) is 0 Å². The summed E-state index contributed by atoms with van der Waals surface area (Å²) >= 11 is 0. The maximum Gasteiger partial charge on any atom is 0.166 e. The molecule has 0 unspecified atom stereocenters. The highest BCUT2D eigenvalue weighted by Crippen LogP contribution is 2.48. The molecule has 0 aliphatic carbocycles. The SMILES string of the molecule is c1ccc(-c2ccc(-c3nc(-c4ccccc4)nc(-c4ccccc4)n3)c(-n3c4ccccc4c4c(-c5cccc6c5c5ccccc5n6-c5ccccc5)ccc(-c5ccccc5)c43)c2)cc1. The summed E-state index contributed by atoms with van der Waals surface area (Å²) in [5.41, 5.74) is 16.2. The van der Waals surface area contributed by atoms with Gasteiger partial charge in [-0.15, -0.1) is 0 Å². The summed E-state index contributed by atoms with van der Waals surface area (Å²) in [6.45, 7) is 0. The van der Waals surface area contributed by atoms with Crippen LogP contribution in [0.2, 0.25) is 0 Å². The van der Waals surface area contributed by atoms with Crippen LogP contribution in [0.5, 0.6) is 0 Å². The molecule has 68 heavy (non-hydrogen) atoms. The Morgan fingerprint density at radius 2 is 0.721 bits per heavy atom. The Morgan fingerprint density at radius 1 is 0.265 bits per heavy atom. The first-order valence-electron chi connectivity index (χ1n) is 23.0. The van der Waals surface area contributed by atoms with Gasteiger partial charge in [0.1, 0.15) is 0 Å². The van der Waals surface area contributed by atoms with E-state index in [1.54, 1.807) is 0 Å². The Balaban J connectivity index is 1.16. The smallest absolute Gasteiger partial charge is 0.166 e. The number of hydrogen-bond donors (Lipinski definition) is 0. The van der Waals surface area contributed by atoms with Crippen LogP contribution >= 0.6 is 0 Å². The predicted molar refractivity (Wildman–Crippen MR) is 281 cm³/mol. The van der Waals surface area contributed by atoms with E-state index >= 15 is 0 Å². The summed E-state index contributed by atoms with van der Waals surface area (Å²) in [6, 6.07) is 88.3. The molecule has 0 amide bonds. The summed E-state index contributed by atoms with van der Waals surface area (Å²) in [5.74, 6) is 1.82. The number of fused-ring (bicyclic) bond motifs is 6. The van der Waals surface area contributed by atoms with Crippen LogP contribution in [-0.2, 0) is 0 Å². The van der Waals surface area contributed by atoms with E-state index < -0.39 is 0 Å². The van der Waals surface area contributed by atoms with Crippen LogP contribution in [0.3, 0.4) is 0 Å². The number of rotatable bonds is 8. The fourth-order valence-corrected chi connectivity index (χ4v) is 10.2. The Morgan fingerprint density at radius 3 is 1.35 bits per heavy atom. The van der Waals surface area contributed by atoms with Crippen LogP contribution < -0.4 is 0 Å².